The van der Waals surface area contributed by atoms with Crippen molar-refractivity contribution >= 4 is 68.6 Å². The van der Waals surface area contributed by atoms with Gasteiger partial charge in [-0.15, -0.1) is 0 Å². The first kappa shape index (κ1) is 57.5. The number of amides is 3. The standard InChI is InChI=1S/C12H14N2O3.C12H16N2O.C7H6BrNO2.C5H9NO.CH2O3.Cu.2K.H2.H/c1-9-8-10(14(16)17)5-6-11(9)13-7-3-2-4-12(13)15;1-9-8-10(13)5-6-11(9)14-7-3-2-4-12(14)15;1-5-4-6(9(10)11)2-3-7(5)8;7-5-3-1-2-4-6-5;2-1-4-3;;;;;/h5-6,8H,2-4,7H2,1H3;5-6,8H,2-4,7,13H2,1H3;2-4H,1H3;1-4H2,(H,6,7);1,3H;;;;1H;/q;;;;;;2*+1;;-1/p-1. The third-order valence-corrected chi connectivity index (χ3v) is 9.27. The number of benzene rings is 3. The van der Waals surface area contributed by atoms with E-state index in [4.69, 9.17) is 15.8 Å². The van der Waals surface area contributed by atoms with Gasteiger partial charge in [0.1, 0.15) is 0 Å². The van der Waals surface area contributed by atoms with Gasteiger partial charge in [-0.3, -0.25) is 39.4 Å². The van der Waals surface area contributed by atoms with Crippen LogP contribution in [0.3, 0.4) is 0 Å². The first-order valence-electron chi connectivity index (χ1n) is 17.3. The molecule has 0 bridgehead atoms. The Bertz CT molecular complexity index is 1800. The van der Waals surface area contributed by atoms with Crippen LogP contribution < -0.4 is 129 Å². The second-order valence-electron chi connectivity index (χ2n) is 12.5. The van der Waals surface area contributed by atoms with Crippen molar-refractivity contribution in [2.75, 3.05) is 35.2 Å². The van der Waals surface area contributed by atoms with Gasteiger partial charge in [0.25, 0.3) is 17.8 Å². The van der Waals surface area contributed by atoms with Gasteiger partial charge in [0.15, 0.2) is 0 Å². The molecule has 6 rings (SSSR count). The van der Waals surface area contributed by atoms with Gasteiger partial charge < -0.3 is 32.4 Å². The second-order valence-corrected chi connectivity index (χ2v) is 13.3. The van der Waals surface area contributed by atoms with Crippen molar-refractivity contribution in [2.24, 2.45) is 0 Å². The summed E-state index contributed by atoms with van der Waals surface area (Å²) in [6.45, 7) is 7.86. The minimum atomic E-state index is -0.422. The molecule has 3 aromatic rings. The average Bonchev–Trinajstić information content (AvgIpc) is 3.15. The summed E-state index contributed by atoms with van der Waals surface area (Å²) in [5.74, 6) is 0.550. The van der Waals surface area contributed by atoms with Crippen LogP contribution in [0.4, 0.5) is 28.4 Å². The zero-order valence-electron chi connectivity index (χ0n) is 33.9. The number of aryl methyl sites for hydroxylation is 3. The number of hydrogen-bond donors (Lipinski definition) is 2. The van der Waals surface area contributed by atoms with E-state index in [2.05, 4.69) is 26.1 Å². The number of carbonyl (C=O) groups is 4. The number of hydrogen-bond acceptors (Lipinski definition) is 11. The Morgan fingerprint density at radius 2 is 1.19 bits per heavy atom. The third-order valence-electron chi connectivity index (χ3n) is 8.38. The zero-order valence-corrected chi connectivity index (χ0v) is 41.7. The molecule has 1 radical (unpaired) electrons. The molecule has 3 N–H and O–H groups in total. The van der Waals surface area contributed by atoms with Gasteiger partial charge in [0, 0.05) is 103 Å². The summed E-state index contributed by atoms with van der Waals surface area (Å²) in [6.07, 6.45) is 8.24. The van der Waals surface area contributed by atoms with E-state index in [1.54, 1.807) is 24.0 Å². The van der Waals surface area contributed by atoms with Gasteiger partial charge in [0.05, 0.1) is 9.85 Å². The van der Waals surface area contributed by atoms with Crippen LogP contribution in [0, 0.1) is 41.0 Å². The molecule has 57 heavy (non-hydrogen) atoms. The number of piperidine rings is 3. The van der Waals surface area contributed by atoms with Crippen LogP contribution in [-0.4, -0.2) is 53.7 Å². The Labute approximate surface area is 439 Å². The summed E-state index contributed by atoms with van der Waals surface area (Å²) < 4.78 is 0.892. The third kappa shape index (κ3) is 20.9. The molecule has 0 aliphatic carbocycles. The minimum Gasteiger partial charge on any atom is -1.00 e. The summed E-state index contributed by atoms with van der Waals surface area (Å²) in [7, 11) is 0. The van der Waals surface area contributed by atoms with Crippen molar-refractivity contribution in [3.8, 4) is 0 Å². The molecule has 0 unspecified atom stereocenters. The van der Waals surface area contributed by atoms with E-state index in [1.165, 1.54) is 24.3 Å². The molecule has 0 aromatic heterocycles. The van der Waals surface area contributed by atoms with E-state index in [0.717, 1.165) is 96.3 Å². The molecule has 20 heteroatoms. The number of nitrogens with one attached hydrogen (secondary N) is 1. The normalized spacial score (nSPS) is 14.1. The number of nitro benzene ring substituents is 2. The number of nitrogens with two attached hydrogens (primary N) is 1. The topological polar surface area (TPSA) is 231 Å². The molecule has 3 aliphatic heterocycles. The van der Waals surface area contributed by atoms with E-state index in [0.29, 0.717) is 19.4 Å². The summed E-state index contributed by atoms with van der Waals surface area (Å²) >= 11 is 3.26. The molecular formula is C37H49BrCuK2N6O10. The van der Waals surface area contributed by atoms with Gasteiger partial charge in [-0.1, -0.05) is 15.9 Å². The van der Waals surface area contributed by atoms with Crippen LogP contribution in [0.5, 0.6) is 0 Å². The molecule has 0 atom stereocenters. The Balaban J connectivity index is -0.000000333. The number of rotatable bonds is 5. The van der Waals surface area contributed by atoms with Crippen LogP contribution in [0.2, 0.25) is 0 Å². The maximum atomic E-state index is 11.8. The van der Waals surface area contributed by atoms with E-state index >= 15 is 0 Å². The van der Waals surface area contributed by atoms with Crippen molar-refractivity contribution < 1.29 is 162 Å². The van der Waals surface area contributed by atoms with E-state index < -0.39 is 9.85 Å². The van der Waals surface area contributed by atoms with Gasteiger partial charge in [-0.25, -0.2) is 0 Å². The summed E-state index contributed by atoms with van der Waals surface area (Å²) in [5.41, 5.74) is 11.2. The molecule has 3 aromatic carbocycles. The molecule has 3 saturated heterocycles. The summed E-state index contributed by atoms with van der Waals surface area (Å²) in [6, 6.07) is 15.0. The number of halogens is 1. The molecule has 0 spiro atoms. The predicted octanol–water partition coefficient (Wildman–Crippen LogP) is 0.265. The van der Waals surface area contributed by atoms with Crippen molar-refractivity contribution in [3.05, 3.63) is 96.0 Å². The molecule has 16 nitrogen and oxygen atoms in total. The number of nitrogen functional groups attached to an aromatic ring is 1. The molecule has 307 valence electrons. The van der Waals surface area contributed by atoms with Crippen molar-refractivity contribution in [1.29, 1.82) is 0 Å². The monoisotopic (exact) mass is 957 g/mol. The van der Waals surface area contributed by atoms with Crippen molar-refractivity contribution in [2.45, 2.75) is 78.6 Å². The quantitative estimate of drug-likeness (QED) is 0.0881. The fourth-order valence-corrected chi connectivity index (χ4v) is 5.87. The van der Waals surface area contributed by atoms with E-state index in [9.17, 15) is 34.6 Å². The van der Waals surface area contributed by atoms with Crippen LogP contribution >= 0.6 is 15.9 Å². The average molecular weight is 959 g/mol. The number of anilines is 3. The maximum absolute atomic E-state index is 11.8. The number of carbonyl (C=O) groups excluding carboxylic acids is 4. The maximum Gasteiger partial charge on any atom is 1.00 e. The number of nitrogens with zero attached hydrogens (tertiary/aromatic N) is 4. The molecule has 3 aliphatic rings. The molecule has 3 fully saturated rings. The van der Waals surface area contributed by atoms with Gasteiger partial charge >= 0.3 is 103 Å². The Morgan fingerprint density at radius 3 is 1.54 bits per heavy atom. The van der Waals surface area contributed by atoms with Gasteiger partial charge in [-0.05, 0) is 106 Å². The van der Waals surface area contributed by atoms with Crippen LogP contribution in [-0.2, 0) is 41.1 Å². The second kappa shape index (κ2) is 31.3. The van der Waals surface area contributed by atoms with Crippen LogP contribution in [0.25, 0.3) is 0 Å². The fourth-order valence-electron chi connectivity index (χ4n) is 5.63. The smallest absolute Gasteiger partial charge is 1.00 e. The van der Waals surface area contributed by atoms with Crippen molar-refractivity contribution in [1.82, 2.24) is 5.32 Å². The number of non-ortho nitro benzene ring substituents is 2. The first-order valence-corrected chi connectivity index (χ1v) is 18.1. The first-order chi connectivity index (χ1) is 25.7. The summed E-state index contributed by atoms with van der Waals surface area (Å²) in [4.78, 5) is 68.7. The Kier molecular flexibility index (Phi) is 31.5. The molecule has 0 saturated carbocycles. The zero-order chi connectivity index (χ0) is 40.2. The van der Waals surface area contributed by atoms with Crippen LogP contribution in [0.15, 0.2) is 59.1 Å². The summed E-state index contributed by atoms with van der Waals surface area (Å²) in [5, 5.41) is 32.1. The van der Waals surface area contributed by atoms with E-state index in [1.807, 2.05) is 36.9 Å². The largest absolute Gasteiger partial charge is 1.00 e. The fraction of sp³-hybridized carbons (Fsp3) is 0.405. The Morgan fingerprint density at radius 1 is 0.754 bits per heavy atom. The number of nitro groups is 2. The van der Waals surface area contributed by atoms with Gasteiger partial charge in [0.2, 0.25) is 17.7 Å². The van der Waals surface area contributed by atoms with E-state index in [-0.39, 0.29) is 158 Å². The van der Waals surface area contributed by atoms with Crippen molar-refractivity contribution in [3.63, 3.8) is 0 Å². The van der Waals surface area contributed by atoms with Gasteiger partial charge in [-0.2, -0.15) is 0 Å². The molecular weight excluding hydrogens is 910 g/mol. The molecule has 3 heterocycles. The molecule has 3 amide bonds. The Hall–Kier alpha value is -1.63. The SMILES string of the molecule is Cc1cc(N)ccc1N1CCCCC1=O.Cc1cc([N+](=O)[O-])ccc1Br.Cc1cc([N+](=O)[O-])ccc1N1CCCCC1=O.O=C1CCCCN1.O=CO[O-].[Cu].[H-].[HH].[K+].[K+]. The minimum absolute atomic E-state index is 0. The van der Waals surface area contributed by atoms with Crippen LogP contribution in [0.1, 0.15) is 77.3 Å². The predicted molar refractivity (Wildman–Crippen MR) is 209 cm³/mol.